The first-order valence-corrected chi connectivity index (χ1v) is 22.9. The van der Waals surface area contributed by atoms with Gasteiger partial charge in [0.25, 0.3) is 5.82 Å². The summed E-state index contributed by atoms with van der Waals surface area (Å²) in [7, 11) is 0. The quantitative estimate of drug-likeness (QED) is 0.0934. The molecule has 0 saturated carbocycles. The fourth-order valence-corrected chi connectivity index (χ4v) is 9.44. The van der Waals surface area contributed by atoms with Crippen molar-refractivity contribution in [1.29, 1.82) is 0 Å². The highest BCUT2D eigenvalue weighted by atomic mass is 32.1. The summed E-state index contributed by atoms with van der Waals surface area (Å²) in [4.78, 5) is 49.2. The lowest BCUT2D eigenvalue weighted by molar-refractivity contribution is -0.147. The van der Waals surface area contributed by atoms with Crippen LogP contribution in [0.25, 0.3) is 10.4 Å². The molecule has 4 atom stereocenters. The Morgan fingerprint density at radius 1 is 1.02 bits per heavy atom. The number of hydrogen-bond acceptors (Lipinski definition) is 13. The smallest absolute Gasteiger partial charge is 0.453 e. The van der Waals surface area contributed by atoms with E-state index in [0.29, 0.717) is 56.2 Å². The number of carbonyl (C=O) groups excluding carboxylic acids is 3. The van der Waals surface area contributed by atoms with Crippen LogP contribution in [0.2, 0.25) is 0 Å². The van der Waals surface area contributed by atoms with Crippen molar-refractivity contribution in [3.05, 3.63) is 76.4 Å². The number of benzene rings is 2. The van der Waals surface area contributed by atoms with Crippen molar-refractivity contribution in [2.24, 2.45) is 5.41 Å². The van der Waals surface area contributed by atoms with Crippen molar-refractivity contribution in [1.82, 2.24) is 40.3 Å². The zero-order chi connectivity index (χ0) is 46.5. The van der Waals surface area contributed by atoms with Crippen molar-refractivity contribution in [3.63, 3.8) is 0 Å². The van der Waals surface area contributed by atoms with Gasteiger partial charge in [-0.05, 0) is 79.7 Å². The Kier molecular flexibility index (Phi) is 15.0. The highest BCUT2D eigenvalue weighted by Crippen LogP contribution is 2.34. The summed E-state index contributed by atoms with van der Waals surface area (Å²) in [6, 6.07) is 11.2. The Morgan fingerprint density at radius 3 is 2.43 bits per heavy atom. The van der Waals surface area contributed by atoms with Crippen LogP contribution in [0.15, 0.2) is 48.0 Å². The first-order chi connectivity index (χ1) is 31.0. The van der Waals surface area contributed by atoms with Gasteiger partial charge in [-0.1, -0.05) is 45.0 Å². The summed E-state index contributed by atoms with van der Waals surface area (Å²) in [5.41, 5.74) is 7.34. The van der Waals surface area contributed by atoms with Crippen LogP contribution in [0.4, 0.5) is 13.2 Å². The van der Waals surface area contributed by atoms with Gasteiger partial charge in [-0.3, -0.25) is 19.3 Å². The fraction of sp³-hybridized carbons (Fsp3) is 0.556. The number of aliphatic hydroxyl groups is 1. The molecule has 0 spiro atoms. The van der Waals surface area contributed by atoms with E-state index in [1.165, 1.54) is 21.8 Å². The number of piperidine rings is 1. The maximum atomic E-state index is 14.0. The average molecular weight is 926 g/mol. The third-order valence-corrected chi connectivity index (χ3v) is 13.2. The highest BCUT2D eigenvalue weighted by molar-refractivity contribution is 7.13. The number of carbonyl (C=O) groups is 3. The van der Waals surface area contributed by atoms with Crippen LogP contribution in [-0.4, -0.2) is 121 Å². The van der Waals surface area contributed by atoms with E-state index >= 15 is 0 Å². The van der Waals surface area contributed by atoms with Gasteiger partial charge in [0.15, 0.2) is 5.82 Å². The van der Waals surface area contributed by atoms with E-state index in [1.54, 1.807) is 17.6 Å². The molecule has 3 amide bonds. The number of rotatable bonds is 16. The van der Waals surface area contributed by atoms with E-state index in [-0.39, 0.29) is 38.0 Å². The van der Waals surface area contributed by atoms with Gasteiger partial charge in [-0.25, -0.2) is 9.66 Å². The molecular weight excluding hydrogens is 868 g/mol. The van der Waals surface area contributed by atoms with Crippen molar-refractivity contribution in [2.75, 3.05) is 44.9 Å². The number of halogens is 3. The molecule has 2 saturated heterocycles. The number of hydrogen-bond donors (Lipinski definition) is 5. The molecule has 5 heterocycles. The van der Waals surface area contributed by atoms with Crippen LogP contribution in [-0.2, 0) is 38.3 Å². The van der Waals surface area contributed by atoms with Gasteiger partial charge in [0.05, 0.1) is 35.0 Å². The van der Waals surface area contributed by atoms with Crippen molar-refractivity contribution >= 4 is 29.1 Å². The molecule has 2 aromatic carbocycles. The van der Waals surface area contributed by atoms with Gasteiger partial charge in [-0.2, -0.15) is 13.2 Å². The molecule has 0 bridgehead atoms. The molecule has 5 N–H and O–H groups in total. The highest BCUT2D eigenvalue weighted by Gasteiger charge is 2.45. The Hall–Kier alpha value is -5.31. The number of likely N-dealkylation sites (tertiary alicyclic amines) is 2. The van der Waals surface area contributed by atoms with E-state index in [1.807, 2.05) is 45.9 Å². The normalized spacial score (nSPS) is 19.9. The molecule has 65 heavy (non-hydrogen) atoms. The largest absolute Gasteiger partial charge is 0.508 e. The van der Waals surface area contributed by atoms with Crippen LogP contribution in [0, 0.1) is 12.3 Å². The lowest BCUT2D eigenvalue weighted by Gasteiger charge is -2.40. The summed E-state index contributed by atoms with van der Waals surface area (Å²) in [5.74, 6) is -1.10. The average Bonchev–Trinajstić information content (AvgIpc) is 4.02. The maximum absolute atomic E-state index is 14.0. The molecule has 3 aliphatic heterocycles. The SMILES string of the molecule is Cc1ncsc1-c1ccc(CNC(=O)[C@@H]2C[C@H](O)CN2C(=O)[C@@H](NC(=O)COCCCCOc2ccc(C3CCN(C4CCc5nnc(C(F)(F)F)n5N4)CC3)cc2)C(C)(C)C)c(O)c1. The molecule has 1 unspecified atom stereocenters. The molecule has 0 radical (unpaired) electrons. The number of aryl methyl sites for hydroxylation is 2. The van der Waals surface area contributed by atoms with Crippen LogP contribution in [0.3, 0.4) is 0 Å². The molecule has 2 aromatic heterocycles. The number of phenols is 1. The molecule has 0 aliphatic carbocycles. The number of aliphatic hydroxyl groups excluding tert-OH is 1. The van der Waals surface area contributed by atoms with Gasteiger partial charge < -0.3 is 40.6 Å². The summed E-state index contributed by atoms with van der Waals surface area (Å²) in [6.45, 7) is 9.25. The van der Waals surface area contributed by atoms with Gasteiger partial charge in [-0.15, -0.1) is 21.5 Å². The zero-order valence-corrected chi connectivity index (χ0v) is 37.9. The minimum atomic E-state index is -4.58. The van der Waals surface area contributed by atoms with Crippen LogP contribution in [0.5, 0.6) is 11.5 Å². The standard InChI is InChI=1S/C45H58F3N9O7S/c1-27-39(65-26-50-27)30-7-8-31(35(59)21-30)23-49-41(61)34-22-32(58)24-56(34)42(62)40(44(2,3)4)51-38(60)25-63-19-5-6-20-64-33-11-9-28(10-12-33)29-15-17-55(18-16-29)37-14-13-36-52-53-43(45(46,47)48)57(36)54-37/h7-12,21,26,29,32,34,37,40,54,58-59H,5-6,13-20,22-25H2,1-4H3,(H,49,61)(H,51,60)/t32-,34-,37?,40+/m0/s1. The second-order valence-electron chi connectivity index (χ2n) is 18.0. The molecule has 352 valence electrons. The predicted octanol–water partition coefficient (Wildman–Crippen LogP) is 5.11. The lowest BCUT2D eigenvalue weighted by atomic mass is 9.85. The number of phenolic OH excluding ortho intramolecular Hbond substituents is 1. The van der Waals surface area contributed by atoms with E-state index in [0.717, 1.165) is 52.5 Å². The lowest BCUT2D eigenvalue weighted by Crippen LogP contribution is -2.58. The number of thiazole rings is 1. The molecule has 2 fully saturated rings. The predicted molar refractivity (Wildman–Crippen MR) is 235 cm³/mol. The number of alkyl halides is 3. The van der Waals surface area contributed by atoms with E-state index in [2.05, 4.69) is 48.3 Å². The Bertz CT molecular complexity index is 2270. The minimum absolute atomic E-state index is 0.0112. The third-order valence-electron chi connectivity index (χ3n) is 12.2. The molecule has 4 aromatic rings. The first-order valence-electron chi connectivity index (χ1n) is 22.1. The van der Waals surface area contributed by atoms with Crippen molar-refractivity contribution in [2.45, 2.75) is 116 Å². The Balaban J connectivity index is 0.795. The Labute approximate surface area is 379 Å². The van der Waals surface area contributed by atoms with Gasteiger partial charge in [0.2, 0.25) is 17.7 Å². The van der Waals surface area contributed by atoms with E-state index in [9.17, 15) is 37.8 Å². The number of fused-ring (bicyclic) bond motifs is 1. The second-order valence-corrected chi connectivity index (χ2v) is 18.9. The van der Waals surface area contributed by atoms with E-state index in [4.69, 9.17) is 9.47 Å². The van der Waals surface area contributed by atoms with Crippen LogP contribution in [0.1, 0.15) is 93.7 Å². The number of unbranched alkanes of at least 4 members (excludes halogenated alkanes) is 1. The number of aromatic hydroxyl groups is 1. The number of ether oxygens (including phenoxy) is 2. The van der Waals surface area contributed by atoms with E-state index < -0.39 is 53.3 Å². The molecule has 16 nitrogen and oxygen atoms in total. The topological polar surface area (TPSA) is 196 Å². The molecule has 20 heteroatoms. The minimum Gasteiger partial charge on any atom is -0.508 e. The maximum Gasteiger partial charge on any atom is 0.453 e. The number of β-amino-alcohol motifs (C(OH)–C–C–N with tert-alkyl or cyclic N) is 1. The number of nitrogens with one attached hydrogen (secondary N) is 3. The van der Waals surface area contributed by atoms with Gasteiger partial charge in [0, 0.05) is 51.2 Å². The molecular formula is C45H58F3N9O7S. The summed E-state index contributed by atoms with van der Waals surface area (Å²) in [5, 5.41) is 33.9. The van der Waals surface area contributed by atoms with Crippen molar-refractivity contribution < 1.29 is 47.2 Å². The number of amides is 3. The van der Waals surface area contributed by atoms with Gasteiger partial charge in [0.1, 0.15) is 30.2 Å². The van der Waals surface area contributed by atoms with Gasteiger partial charge >= 0.3 is 6.18 Å². The first kappa shape index (κ1) is 47.6. The summed E-state index contributed by atoms with van der Waals surface area (Å²) >= 11 is 1.47. The Morgan fingerprint density at radius 2 is 1.75 bits per heavy atom. The van der Waals surface area contributed by atoms with Crippen LogP contribution >= 0.6 is 11.3 Å². The summed E-state index contributed by atoms with van der Waals surface area (Å²) in [6.07, 6.45) is -1.53. The van der Waals surface area contributed by atoms with Crippen molar-refractivity contribution in [3.8, 4) is 21.9 Å². The monoisotopic (exact) mass is 925 g/mol. The second kappa shape index (κ2) is 20.5. The third kappa shape index (κ3) is 11.8. The zero-order valence-electron chi connectivity index (χ0n) is 37.1. The molecule has 7 rings (SSSR count). The summed E-state index contributed by atoms with van der Waals surface area (Å²) < 4.78 is 52.8. The fourth-order valence-electron chi connectivity index (χ4n) is 8.64. The number of nitrogens with zero attached hydrogens (tertiary/aromatic N) is 6. The molecule has 3 aliphatic rings. The van der Waals surface area contributed by atoms with Crippen LogP contribution < -0.4 is 20.8 Å². The number of aromatic nitrogens is 4.